The van der Waals surface area contributed by atoms with Gasteiger partial charge in [-0.2, -0.15) is 0 Å². The van der Waals surface area contributed by atoms with Crippen LogP contribution in [0.15, 0.2) is 48.5 Å². The molecule has 1 N–H and O–H groups in total. The molecule has 0 spiro atoms. The van der Waals surface area contributed by atoms with Crippen molar-refractivity contribution in [1.82, 2.24) is 10.2 Å². The molecule has 1 aliphatic rings. The Balaban J connectivity index is 1.72. The lowest BCUT2D eigenvalue weighted by atomic mass is 10.0. The Morgan fingerprint density at radius 3 is 2.68 bits per heavy atom. The number of hydrogen-bond donors (Lipinski definition) is 1. The molecule has 1 fully saturated rings. The molecule has 0 aliphatic carbocycles. The number of carbonyl (C=O) groups excluding carboxylic acids is 2. The Morgan fingerprint density at radius 1 is 1.21 bits per heavy atom. The number of rotatable bonds is 7. The van der Waals surface area contributed by atoms with E-state index in [0.29, 0.717) is 25.1 Å². The van der Waals surface area contributed by atoms with Crippen LogP contribution in [0.3, 0.4) is 0 Å². The molecule has 2 aromatic rings. The van der Waals surface area contributed by atoms with Crippen molar-refractivity contribution in [3.8, 4) is 5.75 Å². The van der Waals surface area contributed by atoms with Crippen LogP contribution in [0.5, 0.6) is 5.75 Å². The molecule has 6 heteroatoms. The average Bonchev–Trinajstić information content (AvgIpc) is 3.14. The third-order valence-corrected chi connectivity index (χ3v) is 5.07. The number of nitrogens with one attached hydrogen (secondary N) is 1. The monoisotopic (exact) mass is 381 g/mol. The Bertz CT molecular complexity index is 850. The van der Waals surface area contributed by atoms with Gasteiger partial charge in [-0.15, -0.1) is 0 Å². The average molecular weight is 381 g/mol. The molecule has 0 bridgehead atoms. The second-order valence-electron chi connectivity index (χ2n) is 7.13. The number of benzene rings is 2. The molecule has 3 rings (SSSR count). The largest absolute Gasteiger partial charge is 0.496 e. The summed E-state index contributed by atoms with van der Waals surface area (Å²) in [5.41, 5.74) is 2.35. The fraction of sp³-hybridized carbons (Fsp3) is 0.364. The fourth-order valence-corrected chi connectivity index (χ4v) is 3.54. The topological polar surface area (TPSA) is 61.9 Å². The zero-order chi connectivity index (χ0) is 20.1. The first-order valence-corrected chi connectivity index (χ1v) is 9.49. The maximum absolute atomic E-state index is 12.7. The zero-order valence-corrected chi connectivity index (χ0v) is 16.6. The number of ether oxygens (including phenoxy) is 1. The second kappa shape index (κ2) is 8.89. The van der Waals surface area contributed by atoms with E-state index in [1.54, 1.807) is 24.1 Å². The Hall–Kier alpha value is -2.86. The third kappa shape index (κ3) is 4.34. The van der Waals surface area contributed by atoms with Gasteiger partial charge in [0.2, 0.25) is 5.91 Å². The molecule has 6 nitrogen and oxygen atoms in total. The van der Waals surface area contributed by atoms with Gasteiger partial charge in [0.1, 0.15) is 5.75 Å². The minimum atomic E-state index is -0.157. The first-order chi connectivity index (χ1) is 13.5. The van der Waals surface area contributed by atoms with Crippen LogP contribution in [-0.2, 0) is 4.79 Å². The SMILES string of the molecule is COc1ccccc1C(CNC(=O)c1cccc(N2CCCC2=O)c1)N(C)C. The van der Waals surface area contributed by atoms with Crippen LogP contribution in [-0.4, -0.2) is 51.0 Å². The first kappa shape index (κ1) is 19.9. The van der Waals surface area contributed by atoms with E-state index in [4.69, 9.17) is 4.74 Å². The van der Waals surface area contributed by atoms with Crippen LogP contribution in [0, 0.1) is 0 Å². The lowest BCUT2D eigenvalue weighted by molar-refractivity contribution is -0.117. The highest BCUT2D eigenvalue weighted by molar-refractivity contribution is 5.99. The number of anilines is 1. The van der Waals surface area contributed by atoms with E-state index in [2.05, 4.69) is 10.2 Å². The van der Waals surface area contributed by atoms with E-state index in [1.165, 1.54) is 0 Å². The van der Waals surface area contributed by atoms with Gasteiger partial charge in [-0.05, 0) is 44.8 Å². The minimum Gasteiger partial charge on any atom is -0.496 e. The molecule has 2 amide bonds. The number of para-hydroxylation sites is 1. The molecule has 1 heterocycles. The predicted molar refractivity (Wildman–Crippen MR) is 110 cm³/mol. The van der Waals surface area contributed by atoms with Gasteiger partial charge < -0.3 is 19.9 Å². The lowest BCUT2D eigenvalue weighted by Gasteiger charge is -2.26. The fourth-order valence-electron chi connectivity index (χ4n) is 3.54. The Labute approximate surface area is 166 Å². The molecular formula is C22H27N3O3. The molecule has 1 saturated heterocycles. The summed E-state index contributed by atoms with van der Waals surface area (Å²) in [6.07, 6.45) is 1.43. The number of hydrogen-bond acceptors (Lipinski definition) is 4. The Morgan fingerprint density at radius 2 is 2.00 bits per heavy atom. The number of likely N-dealkylation sites (N-methyl/N-ethyl adjacent to an activating group) is 1. The van der Waals surface area contributed by atoms with Crippen LogP contribution in [0.4, 0.5) is 5.69 Å². The van der Waals surface area contributed by atoms with Crippen molar-refractivity contribution in [3.63, 3.8) is 0 Å². The van der Waals surface area contributed by atoms with Crippen molar-refractivity contribution in [3.05, 3.63) is 59.7 Å². The molecule has 0 saturated carbocycles. The Kier molecular flexibility index (Phi) is 6.31. The minimum absolute atomic E-state index is 0.0246. The van der Waals surface area contributed by atoms with E-state index >= 15 is 0 Å². The van der Waals surface area contributed by atoms with E-state index < -0.39 is 0 Å². The van der Waals surface area contributed by atoms with Crippen LogP contribution in [0.1, 0.15) is 34.8 Å². The number of amides is 2. The van der Waals surface area contributed by atoms with E-state index in [0.717, 1.165) is 23.4 Å². The van der Waals surface area contributed by atoms with E-state index in [9.17, 15) is 9.59 Å². The highest BCUT2D eigenvalue weighted by Crippen LogP contribution is 2.27. The summed E-state index contributed by atoms with van der Waals surface area (Å²) in [5.74, 6) is 0.752. The van der Waals surface area contributed by atoms with Gasteiger partial charge in [0, 0.05) is 36.3 Å². The smallest absolute Gasteiger partial charge is 0.251 e. The molecule has 0 radical (unpaired) electrons. The van der Waals surface area contributed by atoms with Gasteiger partial charge in [-0.3, -0.25) is 9.59 Å². The van der Waals surface area contributed by atoms with Crippen molar-refractivity contribution >= 4 is 17.5 Å². The van der Waals surface area contributed by atoms with Crippen molar-refractivity contribution in [1.29, 1.82) is 0 Å². The van der Waals surface area contributed by atoms with Crippen LogP contribution >= 0.6 is 0 Å². The highest BCUT2D eigenvalue weighted by Gasteiger charge is 2.23. The molecule has 2 aromatic carbocycles. The van der Waals surface area contributed by atoms with Gasteiger partial charge in [0.25, 0.3) is 5.91 Å². The summed E-state index contributed by atoms with van der Waals surface area (Å²) in [6, 6.07) is 15.0. The van der Waals surface area contributed by atoms with Crippen LogP contribution < -0.4 is 15.0 Å². The highest BCUT2D eigenvalue weighted by atomic mass is 16.5. The van der Waals surface area contributed by atoms with E-state index in [1.807, 2.05) is 50.5 Å². The number of carbonyl (C=O) groups is 2. The molecule has 1 unspecified atom stereocenters. The maximum atomic E-state index is 12.7. The summed E-state index contributed by atoms with van der Waals surface area (Å²) < 4.78 is 5.47. The van der Waals surface area contributed by atoms with Crippen LogP contribution in [0.2, 0.25) is 0 Å². The maximum Gasteiger partial charge on any atom is 0.251 e. The molecule has 148 valence electrons. The van der Waals surface area contributed by atoms with Gasteiger partial charge in [-0.1, -0.05) is 24.3 Å². The predicted octanol–water partition coefficient (Wildman–Crippen LogP) is 2.85. The van der Waals surface area contributed by atoms with Crippen molar-refractivity contribution < 1.29 is 14.3 Å². The molecular weight excluding hydrogens is 354 g/mol. The normalized spacial score (nSPS) is 15.0. The van der Waals surface area contributed by atoms with E-state index in [-0.39, 0.29) is 17.9 Å². The second-order valence-corrected chi connectivity index (χ2v) is 7.13. The zero-order valence-electron chi connectivity index (χ0n) is 16.6. The lowest BCUT2D eigenvalue weighted by Crippen LogP contribution is -2.35. The molecule has 1 atom stereocenters. The summed E-state index contributed by atoms with van der Waals surface area (Å²) >= 11 is 0. The molecule has 1 aliphatic heterocycles. The number of nitrogens with zero attached hydrogens (tertiary/aromatic N) is 2. The van der Waals surface area contributed by atoms with Gasteiger partial charge in [0.05, 0.1) is 13.2 Å². The summed E-state index contributed by atoms with van der Waals surface area (Å²) in [4.78, 5) is 28.5. The van der Waals surface area contributed by atoms with Crippen LogP contribution in [0.25, 0.3) is 0 Å². The summed E-state index contributed by atoms with van der Waals surface area (Å²) in [7, 11) is 5.60. The van der Waals surface area contributed by atoms with Crippen molar-refractivity contribution in [2.75, 3.05) is 39.2 Å². The summed E-state index contributed by atoms with van der Waals surface area (Å²) in [6.45, 7) is 1.15. The standard InChI is InChI=1S/C22H27N3O3/c1-24(2)19(18-10-4-5-11-20(18)28-3)15-23-22(27)16-8-6-9-17(14-16)25-13-7-12-21(25)26/h4-6,8-11,14,19H,7,12-13,15H2,1-3H3,(H,23,27). The molecule has 0 aromatic heterocycles. The van der Waals surface area contributed by atoms with Gasteiger partial charge in [-0.25, -0.2) is 0 Å². The van der Waals surface area contributed by atoms with Crippen molar-refractivity contribution in [2.45, 2.75) is 18.9 Å². The quantitative estimate of drug-likeness (QED) is 0.801. The van der Waals surface area contributed by atoms with Crippen molar-refractivity contribution in [2.24, 2.45) is 0 Å². The van der Waals surface area contributed by atoms with Gasteiger partial charge >= 0.3 is 0 Å². The van der Waals surface area contributed by atoms with Gasteiger partial charge in [0.15, 0.2) is 0 Å². The molecule has 28 heavy (non-hydrogen) atoms. The third-order valence-electron chi connectivity index (χ3n) is 5.07. The number of methoxy groups -OCH3 is 1. The summed E-state index contributed by atoms with van der Waals surface area (Å²) in [5, 5.41) is 3.02. The first-order valence-electron chi connectivity index (χ1n) is 9.49.